The van der Waals surface area contributed by atoms with E-state index < -0.39 is 12.0 Å². The number of carbonyl (C=O) groups excluding carboxylic acids is 1. The minimum atomic E-state index is -0.723. The number of nitrogens with zero attached hydrogens (tertiary/aromatic N) is 1. The summed E-state index contributed by atoms with van der Waals surface area (Å²) in [6.07, 6.45) is 2.28. The van der Waals surface area contributed by atoms with Gasteiger partial charge in [-0.25, -0.2) is 0 Å². The van der Waals surface area contributed by atoms with E-state index in [1.165, 1.54) is 0 Å². The average molecular weight is 309 g/mol. The lowest BCUT2D eigenvalue weighted by molar-refractivity contribution is -0.146. The molecule has 0 saturated heterocycles. The summed E-state index contributed by atoms with van der Waals surface area (Å²) in [7, 11) is 0.133. The number of rotatable bonds is 5. The second-order valence-electron chi connectivity index (χ2n) is 5.55. The molecule has 1 aromatic heterocycles. The number of para-hydroxylation sites is 1. The zero-order valence-electron chi connectivity index (χ0n) is 13.8. The summed E-state index contributed by atoms with van der Waals surface area (Å²) in [5, 5.41) is 1.02. The van der Waals surface area contributed by atoms with Crippen molar-refractivity contribution in [1.82, 2.24) is 4.57 Å². The van der Waals surface area contributed by atoms with Crippen LogP contribution < -0.4 is 5.73 Å². The number of ether oxygens (including phenoxy) is 1. The van der Waals surface area contributed by atoms with Crippen molar-refractivity contribution in [3.63, 3.8) is 0 Å². The van der Waals surface area contributed by atoms with E-state index in [2.05, 4.69) is 0 Å². The van der Waals surface area contributed by atoms with Crippen molar-refractivity contribution in [1.29, 1.82) is 0 Å². The van der Waals surface area contributed by atoms with Gasteiger partial charge < -0.3 is 15.0 Å². The van der Waals surface area contributed by atoms with Crippen LogP contribution >= 0.6 is 0 Å². The molecule has 2 aromatic carbocycles. The Morgan fingerprint density at radius 3 is 2.74 bits per heavy atom. The molecule has 3 aromatic rings. The summed E-state index contributed by atoms with van der Waals surface area (Å²) in [5.41, 5.74) is 8.90. The zero-order chi connectivity index (χ0) is 16.9. The Hall–Kier alpha value is -2.59. The normalized spacial score (nSPS) is 12.8. The monoisotopic (exact) mass is 309 g/mol. The van der Waals surface area contributed by atoms with E-state index in [9.17, 15) is 4.79 Å². The molecule has 0 aliphatic heterocycles. The third kappa shape index (κ3) is 3.43. The molecule has 1 atom stereocenters. The fraction of sp³-hybridized carbons (Fsp3) is 0.211. The maximum atomic E-state index is 12.1. The molecule has 3 rings (SSSR count). The minimum absolute atomic E-state index is 0.133. The molecule has 0 spiro atoms. The molecule has 0 radical (unpaired) electrons. The van der Waals surface area contributed by atoms with Gasteiger partial charge in [-0.15, -0.1) is 0 Å². The molecule has 0 aliphatic carbocycles. The van der Waals surface area contributed by atoms with Gasteiger partial charge in [-0.1, -0.05) is 48.5 Å². The van der Waals surface area contributed by atoms with Crippen LogP contribution in [0.2, 0.25) is 0 Å². The first-order chi connectivity index (χ1) is 11.7. The van der Waals surface area contributed by atoms with Gasteiger partial charge in [0.2, 0.25) is 0 Å². The second kappa shape index (κ2) is 6.67. The largest absolute Gasteiger partial charge is 0.460 e. The fourth-order valence-electron chi connectivity index (χ4n) is 2.64. The summed E-state index contributed by atoms with van der Waals surface area (Å²) in [6, 6.07) is 16.6. The number of benzene rings is 2. The van der Waals surface area contributed by atoms with E-state index >= 15 is 0 Å². The van der Waals surface area contributed by atoms with Crippen molar-refractivity contribution in [3.05, 3.63) is 71.9 Å². The van der Waals surface area contributed by atoms with Crippen LogP contribution in [0.1, 0.15) is 12.5 Å². The van der Waals surface area contributed by atoms with E-state index in [1.807, 2.05) is 65.4 Å². The van der Waals surface area contributed by atoms with Crippen LogP contribution in [0.25, 0.3) is 10.9 Å². The van der Waals surface area contributed by atoms with Gasteiger partial charge in [-0.2, -0.15) is 0 Å². The smallest absolute Gasteiger partial charge is 0.323 e. The van der Waals surface area contributed by atoms with Crippen LogP contribution in [-0.4, -0.2) is 16.6 Å². The van der Waals surface area contributed by atoms with Crippen molar-refractivity contribution >= 4 is 16.9 Å². The first-order valence-electron chi connectivity index (χ1n) is 8.22. The molecular weight excluding hydrogens is 288 g/mol. The summed E-state index contributed by atoms with van der Waals surface area (Å²) in [6.45, 7) is 0.224. The van der Waals surface area contributed by atoms with Gasteiger partial charge in [0, 0.05) is 31.9 Å². The number of aryl methyl sites for hydroxylation is 1. The molecule has 2 N–H and O–H groups in total. The Kier molecular flexibility index (Phi) is 4.07. The number of nitrogens with two attached hydrogens (primary N) is 1. The third-order valence-corrected chi connectivity index (χ3v) is 3.84. The lowest BCUT2D eigenvalue weighted by atomic mass is 10.1. The lowest BCUT2D eigenvalue weighted by Gasteiger charge is -2.11. The van der Waals surface area contributed by atoms with Crippen LogP contribution in [0, 0.1) is 0 Å². The molecule has 1 heterocycles. The number of carbonyl (C=O) groups is 1. The topological polar surface area (TPSA) is 57.2 Å². The van der Waals surface area contributed by atoms with Crippen molar-refractivity contribution in [2.75, 3.05) is 0 Å². The van der Waals surface area contributed by atoms with Gasteiger partial charge in [-0.3, -0.25) is 4.79 Å². The molecule has 4 heteroatoms. The first-order valence-corrected chi connectivity index (χ1v) is 7.51. The molecule has 23 heavy (non-hydrogen) atoms. The molecule has 0 saturated carbocycles. The van der Waals surface area contributed by atoms with E-state index in [4.69, 9.17) is 11.8 Å². The predicted molar refractivity (Wildman–Crippen MR) is 90.8 cm³/mol. The van der Waals surface area contributed by atoms with Crippen LogP contribution in [-0.2, 0) is 29.6 Å². The van der Waals surface area contributed by atoms with E-state index in [-0.39, 0.29) is 13.6 Å². The van der Waals surface area contributed by atoms with Gasteiger partial charge in [-0.05, 0) is 17.2 Å². The van der Waals surface area contributed by atoms with Crippen LogP contribution in [0.15, 0.2) is 60.8 Å². The Bertz CT molecular complexity index is 830. The van der Waals surface area contributed by atoms with Gasteiger partial charge in [0.05, 0.1) is 0 Å². The SMILES string of the molecule is [2H]Cn1cc(C[C@H](N)C(=O)OCc2ccccc2)c2ccccc21. The molecule has 0 bridgehead atoms. The molecule has 118 valence electrons. The van der Waals surface area contributed by atoms with E-state index in [0.717, 1.165) is 22.0 Å². The van der Waals surface area contributed by atoms with Crippen LogP contribution in [0.4, 0.5) is 0 Å². The summed E-state index contributed by atoms with van der Waals surface area (Å²) < 4.78 is 14.7. The van der Waals surface area contributed by atoms with Gasteiger partial charge >= 0.3 is 5.97 Å². The molecule has 0 aliphatic rings. The minimum Gasteiger partial charge on any atom is -0.460 e. The highest BCUT2D eigenvalue weighted by Crippen LogP contribution is 2.21. The highest BCUT2D eigenvalue weighted by molar-refractivity contribution is 5.85. The Morgan fingerprint density at radius 1 is 1.22 bits per heavy atom. The van der Waals surface area contributed by atoms with Gasteiger partial charge in [0.25, 0.3) is 0 Å². The number of hydrogen-bond acceptors (Lipinski definition) is 3. The highest BCUT2D eigenvalue weighted by Gasteiger charge is 2.18. The third-order valence-electron chi connectivity index (χ3n) is 3.84. The quantitative estimate of drug-likeness (QED) is 0.737. The first kappa shape index (κ1) is 14.0. The standard InChI is InChI=1S/C19H20N2O2/c1-21-12-15(16-9-5-6-10-18(16)21)11-17(20)19(22)23-13-14-7-3-2-4-8-14/h2-10,12,17H,11,13,20H2,1H3/t17-/m0/s1/i1D. The van der Waals surface area contributed by atoms with Crippen molar-refractivity contribution < 1.29 is 10.9 Å². The van der Waals surface area contributed by atoms with Crippen molar-refractivity contribution in [3.8, 4) is 0 Å². The molecule has 0 fully saturated rings. The summed E-state index contributed by atoms with van der Waals surface area (Å²) >= 11 is 0. The summed E-state index contributed by atoms with van der Waals surface area (Å²) in [4.78, 5) is 12.1. The van der Waals surface area contributed by atoms with Gasteiger partial charge in [0.15, 0.2) is 0 Å². The number of fused-ring (bicyclic) bond motifs is 1. The molecular formula is C19H20N2O2. The number of esters is 1. The van der Waals surface area contributed by atoms with Crippen molar-refractivity contribution in [2.24, 2.45) is 12.8 Å². The van der Waals surface area contributed by atoms with E-state index in [1.54, 1.807) is 0 Å². The van der Waals surface area contributed by atoms with Crippen LogP contribution in [0.3, 0.4) is 0 Å². The van der Waals surface area contributed by atoms with Crippen LogP contribution in [0.5, 0.6) is 0 Å². The number of aromatic nitrogens is 1. The maximum Gasteiger partial charge on any atom is 0.323 e. The molecule has 0 unspecified atom stereocenters. The second-order valence-corrected chi connectivity index (χ2v) is 5.55. The van der Waals surface area contributed by atoms with Gasteiger partial charge in [0.1, 0.15) is 12.6 Å². The Labute approximate surface area is 136 Å². The zero-order valence-corrected chi connectivity index (χ0v) is 12.8. The fourth-order valence-corrected chi connectivity index (χ4v) is 2.64. The lowest BCUT2D eigenvalue weighted by Crippen LogP contribution is -2.34. The maximum absolute atomic E-state index is 12.1. The van der Waals surface area contributed by atoms with E-state index in [0.29, 0.717) is 6.42 Å². The molecule has 4 nitrogen and oxygen atoms in total. The predicted octanol–water partition coefficient (Wildman–Crippen LogP) is 2.79. The number of hydrogen-bond donors (Lipinski definition) is 1. The van der Waals surface area contributed by atoms with Crippen molar-refractivity contribution in [2.45, 2.75) is 19.1 Å². The highest BCUT2D eigenvalue weighted by atomic mass is 16.5. The average Bonchev–Trinajstić information content (AvgIpc) is 2.98. The molecule has 0 amide bonds. The Balaban J connectivity index is 1.68. The summed E-state index contributed by atoms with van der Waals surface area (Å²) in [5.74, 6) is -0.415. The Morgan fingerprint density at radius 2 is 1.96 bits per heavy atom.